The molecule has 7 heteroatoms. The number of hydrogen-bond acceptors (Lipinski definition) is 5. The molecule has 0 spiro atoms. The summed E-state index contributed by atoms with van der Waals surface area (Å²) in [6.07, 6.45) is -3.01. The van der Waals surface area contributed by atoms with Crippen LogP contribution < -0.4 is 11.1 Å². The van der Waals surface area contributed by atoms with Crippen molar-refractivity contribution in [2.75, 3.05) is 6.54 Å². The highest BCUT2D eigenvalue weighted by Gasteiger charge is 2.19. The molecule has 2 atom stereocenters. The van der Waals surface area contributed by atoms with Crippen LogP contribution in [-0.2, 0) is 11.3 Å². The maximum atomic E-state index is 11.6. The second-order valence-corrected chi connectivity index (χ2v) is 5.88. The van der Waals surface area contributed by atoms with E-state index in [1.165, 1.54) is 0 Å². The minimum atomic E-state index is -1.18. The number of rotatable bonds is 7. The van der Waals surface area contributed by atoms with Crippen LogP contribution in [0.3, 0.4) is 0 Å². The third kappa shape index (κ3) is 5.82. The van der Waals surface area contributed by atoms with E-state index in [-0.39, 0.29) is 18.1 Å². The Morgan fingerprint density at radius 1 is 1.12 bits per heavy atom. The highest BCUT2D eigenvalue weighted by Crippen LogP contribution is 2.17. The molecule has 132 valence electrons. The third-order valence-corrected chi connectivity index (χ3v) is 3.81. The largest absolute Gasteiger partial charge is 0.445 e. The van der Waals surface area contributed by atoms with Crippen LogP contribution >= 0.6 is 12.2 Å². The molecule has 2 aromatic rings. The van der Waals surface area contributed by atoms with E-state index in [0.29, 0.717) is 11.1 Å². The molecule has 25 heavy (non-hydrogen) atoms. The molecule has 0 fully saturated rings. The lowest BCUT2D eigenvalue weighted by Gasteiger charge is -2.19. The first-order valence-electron chi connectivity index (χ1n) is 7.68. The number of carbonyl (C=O) groups excluding carboxylic acids is 1. The Hall–Kier alpha value is -2.48. The quantitative estimate of drug-likeness (QED) is 0.560. The van der Waals surface area contributed by atoms with Gasteiger partial charge in [0.1, 0.15) is 23.8 Å². The van der Waals surface area contributed by atoms with E-state index < -0.39 is 18.3 Å². The van der Waals surface area contributed by atoms with Crippen LogP contribution in [0.2, 0.25) is 0 Å². The summed E-state index contributed by atoms with van der Waals surface area (Å²) < 4.78 is 5.03. The predicted molar refractivity (Wildman–Crippen MR) is 97.9 cm³/mol. The number of nitrogens with two attached hydrogens (primary N) is 1. The van der Waals surface area contributed by atoms with Gasteiger partial charge in [-0.25, -0.2) is 4.79 Å². The number of benzene rings is 2. The number of alkyl carbamates (subject to hydrolysis) is 1. The lowest BCUT2D eigenvalue weighted by Crippen LogP contribution is -2.35. The minimum absolute atomic E-state index is 0.131. The van der Waals surface area contributed by atoms with Crippen molar-refractivity contribution in [1.29, 1.82) is 0 Å². The Labute approximate surface area is 151 Å². The molecule has 6 nitrogen and oxygen atoms in total. The van der Waals surface area contributed by atoms with Gasteiger partial charge < -0.3 is 26.0 Å². The van der Waals surface area contributed by atoms with Gasteiger partial charge in [0.15, 0.2) is 0 Å². The zero-order valence-corrected chi connectivity index (χ0v) is 14.3. The molecule has 0 aromatic heterocycles. The average molecular weight is 360 g/mol. The van der Waals surface area contributed by atoms with E-state index in [2.05, 4.69) is 5.32 Å². The Balaban J connectivity index is 1.79. The lowest BCUT2D eigenvalue weighted by atomic mass is 10.0. The highest BCUT2D eigenvalue weighted by molar-refractivity contribution is 7.80. The number of hydrogen-bond donors (Lipinski definition) is 4. The first kappa shape index (κ1) is 18.9. The van der Waals surface area contributed by atoms with Crippen molar-refractivity contribution in [2.45, 2.75) is 18.8 Å². The van der Waals surface area contributed by atoms with Crippen LogP contribution in [0.1, 0.15) is 22.8 Å². The van der Waals surface area contributed by atoms with Gasteiger partial charge in [0.25, 0.3) is 0 Å². The Morgan fingerprint density at radius 3 is 2.36 bits per heavy atom. The average Bonchev–Trinajstić information content (AvgIpc) is 2.64. The van der Waals surface area contributed by atoms with Gasteiger partial charge in [-0.1, -0.05) is 66.8 Å². The second-order valence-electron chi connectivity index (χ2n) is 5.44. The number of aliphatic hydroxyl groups excluding tert-OH is 2. The van der Waals surface area contributed by atoms with Crippen LogP contribution in [0.5, 0.6) is 0 Å². The zero-order valence-electron chi connectivity index (χ0n) is 13.5. The molecule has 1 amide bonds. The van der Waals surface area contributed by atoms with Crippen molar-refractivity contribution >= 4 is 23.3 Å². The summed E-state index contributed by atoms with van der Waals surface area (Å²) in [6, 6.07) is 15.8. The van der Waals surface area contributed by atoms with Gasteiger partial charge in [-0.05, 0) is 11.1 Å². The summed E-state index contributed by atoms with van der Waals surface area (Å²) in [5.41, 5.74) is 7.53. The van der Waals surface area contributed by atoms with Gasteiger partial charge in [0, 0.05) is 12.1 Å². The summed E-state index contributed by atoms with van der Waals surface area (Å²) in [5, 5.41) is 22.6. The fourth-order valence-electron chi connectivity index (χ4n) is 2.14. The van der Waals surface area contributed by atoms with E-state index in [1.807, 2.05) is 30.3 Å². The van der Waals surface area contributed by atoms with E-state index in [0.717, 1.165) is 5.56 Å². The van der Waals surface area contributed by atoms with Crippen molar-refractivity contribution in [3.63, 3.8) is 0 Å². The van der Waals surface area contributed by atoms with Gasteiger partial charge in [-0.3, -0.25) is 0 Å². The number of nitrogens with one attached hydrogen (secondary N) is 1. The van der Waals surface area contributed by atoms with Crippen molar-refractivity contribution in [3.05, 3.63) is 71.3 Å². The summed E-state index contributed by atoms with van der Waals surface area (Å²) in [4.78, 5) is 11.9. The minimum Gasteiger partial charge on any atom is -0.445 e. The van der Waals surface area contributed by atoms with Crippen LogP contribution in [0.15, 0.2) is 54.6 Å². The number of amides is 1. The van der Waals surface area contributed by atoms with Crippen LogP contribution in [0.4, 0.5) is 4.79 Å². The number of carbonyl (C=O) groups is 1. The molecule has 5 N–H and O–H groups in total. The SMILES string of the molecule is NC(=S)c1ccc(C(O)C(O)CNC(=O)OCc2ccccc2)cc1. The first-order chi connectivity index (χ1) is 12.0. The normalized spacial score (nSPS) is 12.9. The number of thiocarbonyl (C=S) groups is 1. The Bertz CT molecular complexity index is 707. The second kappa shape index (κ2) is 9.12. The molecular formula is C18H20N2O4S. The van der Waals surface area contributed by atoms with Gasteiger partial charge >= 0.3 is 6.09 Å². The lowest BCUT2D eigenvalue weighted by molar-refractivity contribution is 0.0184. The summed E-state index contributed by atoms with van der Waals surface area (Å²) in [7, 11) is 0. The maximum absolute atomic E-state index is 11.6. The molecule has 0 aliphatic heterocycles. The molecule has 0 bridgehead atoms. The first-order valence-corrected chi connectivity index (χ1v) is 8.08. The fourth-order valence-corrected chi connectivity index (χ4v) is 2.28. The molecule has 0 aliphatic carbocycles. The van der Waals surface area contributed by atoms with Crippen LogP contribution in [0.25, 0.3) is 0 Å². The van der Waals surface area contributed by atoms with Gasteiger partial charge in [0.05, 0.1) is 0 Å². The van der Waals surface area contributed by atoms with Crippen molar-refractivity contribution in [1.82, 2.24) is 5.32 Å². The standard InChI is InChI=1S/C18H20N2O4S/c19-17(25)14-8-6-13(7-9-14)16(22)15(21)10-20-18(23)24-11-12-4-2-1-3-5-12/h1-9,15-16,21-22H,10-11H2,(H2,19,25)(H,20,23). The molecule has 0 saturated carbocycles. The van der Waals surface area contributed by atoms with Gasteiger partial charge in [0.2, 0.25) is 0 Å². The van der Waals surface area contributed by atoms with Gasteiger partial charge in [-0.2, -0.15) is 0 Å². The molecule has 2 unspecified atom stereocenters. The molecule has 0 saturated heterocycles. The topological polar surface area (TPSA) is 105 Å². The van der Waals surface area contributed by atoms with E-state index in [4.69, 9.17) is 22.7 Å². The van der Waals surface area contributed by atoms with Gasteiger partial charge in [-0.15, -0.1) is 0 Å². The molecular weight excluding hydrogens is 340 g/mol. The summed E-state index contributed by atoms with van der Waals surface area (Å²) >= 11 is 4.86. The van der Waals surface area contributed by atoms with E-state index in [1.54, 1.807) is 24.3 Å². The molecule has 0 heterocycles. The Kier molecular flexibility index (Phi) is 6.88. The van der Waals surface area contributed by atoms with Crippen molar-refractivity contribution < 1.29 is 19.7 Å². The predicted octanol–water partition coefficient (Wildman–Crippen LogP) is 1.64. The monoisotopic (exact) mass is 360 g/mol. The molecule has 0 aliphatic rings. The van der Waals surface area contributed by atoms with Crippen molar-refractivity contribution in [2.24, 2.45) is 5.73 Å². The molecule has 2 rings (SSSR count). The van der Waals surface area contributed by atoms with Crippen LogP contribution in [-0.4, -0.2) is 33.9 Å². The highest BCUT2D eigenvalue weighted by atomic mass is 32.1. The molecule has 0 radical (unpaired) electrons. The van der Waals surface area contributed by atoms with Crippen LogP contribution in [0, 0.1) is 0 Å². The number of ether oxygens (including phenoxy) is 1. The van der Waals surface area contributed by atoms with Crippen molar-refractivity contribution in [3.8, 4) is 0 Å². The maximum Gasteiger partial charge on any atom is 0.407 e. The smallest absolute Gasteiger partial charge is 0.407 e. The molecule has 2 aromatic carbocycles. The zero-order chi connectivity index (χ0) is 18.2. The Morgan fingerprint density at radius 2 is 1.76 bits per heavy atom. The van der Waals surface area contributed by atoms with E-state index in [9.17, 15) is 15.0 Å². The number of aliphatic hydroxyl groups is 2. The summed E-state index contributed by atoms with van der Waals surface area (Å²) in [5.74, 6) is 0. The van der Waals surface area contributed by atoms with E-state index >= 15 is 0 Å². The fraction of sp³-hybridized carbons (Fsp3) is 0.222. The third-order valence-electron chi connectivity index (χ3n) is 3.57. The summed E-state index contributed by atoms with van der Waals surface area (Å²) in [6.45, 7) is -0.0162.